The fourth-order valence-electron chi connectivity index (χ4n) is 1.33. The van der Waals surface area contributed by atoms with Crippen LogP contribution in [0.15, 0.2) is 11.4 Å². The van der Waals surface area contributed by atoms with Crippen LogP contribution in [0.5, 0.6) is 0 Å². The molecule has 0 aliphatic carbocycles. The fourth-order valence-corrected chi connectivity index (χ4v) is 2.25. The molecule has 19 heavy (non-hydrogen) atoms. The molecule has 1 amide bonds. The lowest BCUT2D eigenvalue weighted by molar-refractivity contribution is -0.113. The van der Waals surface area contributed by atoms with Crippen LogP contribution in [0, 0.1) is 11.3 Å². The van der Waals surface area contributed by atoms with Crippen LogP contribution in [-0.2, 0) is 15.1 Å². The molecule has 0 bridgehead atoms. The molecule has 0 spiro atoms. The molecule has 1 aromatic heterocycles. The lowest BCUT2D eigenvalue weighted by atomic mass is 10.0. The van der Waals surface area contributed by atoms with E-state index in [1.165, 1.54) is 11.3 Å². The molecule has 1 aromatic rings. The number of carbonyl (C=O) groups is 2. The number of alkyl carbamates (subject to hydrolysis) is 1. The molecule has 5 nitrogen and oxygen atoms in total. The molecule has 0 saturated carbocycles. The van der Waals surface area contributed by atoms with Crippen molar-refractivity contribution < 1.29 is 14.3 Å². The minimum atomic E-state index is -1.19. The second kappa shape index (κ2) is 5.41. The second-order valence-corrected chi connectivity index (χ2v) is 6.17. The smallest absolute Gasteiger partial charge is 0.408 e. The predicted octanol–water partition coefficient (Wildman–Crippen LogP) is 2.56. The third-order valence-electron chi connectivity index (χ3n) is 2.24. The Balaban J connectivity index is 2.90. The average molecular weight is 280 g/mol. The van der Waals surface area contributed by atoms with Crippen LogP contribution in [-0.4, -0.2) is 18.0 Å². The molecule has 102 valence electrons. The van der Waals surface area contributed by atoms with Gasteiger partial charge in [0.1, 0.15) is 17.2 Å². The summed E-state index contributed by atoms with van der Waals surface area (Å²) >= 11 is 1.24. The quantitative estimate of drug-likeness (QED) is 0.863. The summed E-state index contributed by atoms with van der Waals surface area (Å²) in [6, 6.07) is 3.57. The van der Waals surface area contributed by atoms with Gasteiger partial charge in [-0.2, -0.15) is 5.26 Å². The van der Waals surface area contributed by atoms with Gasteiger partial charge in [0.25, 0.3) is 0 Å². The first-order chi connectivity index (χ1) is 8.70. The first kappa shape index (κ1) is 15.2. The molecule has 1 N–H and O–H groups in total. The van der Waals surface area contributed by atoms with Crippen LogP contribution in [0.4, 0.5) is 4.79 Å². The van der Waals surface area contributed by atoms with Gasteiger partial charge in [-0.05, 0) is 33.8 Å². The van der Waals surface area contributed by atoms with E-state index in [2.05, 4.69) is 5.32 Å². The monoisotopic (exact) mass is 280 g/mol. The number of carbonyl (C=O) groups excluding carboxylic acids is 2. The molecule has 1 heterocycles. The van der Waals surface area contributed by atoms with E-state index in [0.717, 1.165) is 0 Å². The normalized spacial score (nSPS) is 14.1. The van der Waals surface area contributed by atoms with Crippen LogP contribution in [0.25, 0.3) is 0 Å². The van der Waals surface area contributed by atoms with Gasteiger partial charge in [0, 0.05) is 10.3 Å². The van der Waals surface area contributed by atoms with Crippen molar-refractivity contribution in [1.29, 1.82) is 5.26 Å². The Morgan fingerprint density at radius 3 is 2.53 bits per heavy atom. The standard InChI is InChI=1S/C13H16N2O3S/c1-12(2,3)18-11(17)15-13(4,8-16)10-5-9(6-14)7-19-10/h5,7-8H,1-4H3,(H,15,17). The Bertz CT molecular complexity index is 525. The molecule has 0 aromatic carbocycles. The Kier molecular flexibility index (Phi) is 4.32. The largest absolute Gasteiger partial charge is 0.444 e. The third kappa shape index (κ3) is 4.07. The summed E-state index contributed by atoms with van der Waals surface area (Å²) in [5, 5.41) is 12.9. The lowest BCUT2D eigenvalue weighted by Gasteiger charge is -2.26. The maximum atomic E-state index is 11.7. The van der Waals surface area contributed by atoms with E-state index >= 15 is 0 Å². The van der Waals surface area contributed by atoms with Crippen molar-refractivity contribution in [2.45, 2.75) is 38.8 Å². The molecule has 6 heteroatoms. The van der Waals surface area contributed by atoms with Crippen molar-refractivity contribution >= 4 is 23.7 Å². The van der Waals surface area contributed by atoms with Gasteiger partial charge in [-0.15, -0.1) is 11.3 Å². The Morgan fingerprint density at radius 2 is 2.11 bits per heavy atom. The summed E-state index contributed by atoms with van der Waals surface area (Å²) in [5.74, 6) is 0. The van der Waals surface area contributed by atoms with Crippen molar-refractivity contribution in [3.05, 3.63) is 21.9 Å². The molecule has 0 aliphatic rings. The van der Waals surface area contributed by atoms with Gasteiger partial charge in [0.15, 0.2) is 6.29 Å². The number of thiophene rings is 1. The fraction of sp³-hybridized carbons (Fsp3) is 0.462. The molecular formula is C13H16N2O3S. The highest BCUT2D eigenvalue weighted by molar-refractivity contribution is 7.10. The highest BCUT2D eigenvalue weighted by Crippen LogP contribution is 2.26. The maximum Gasteiger partial charge on any atom is 0.408 e. The van der Waals surface area contributed by atoms with Crippen LogP contribution < -0.4 is 5.32 Å². The Morgan fingerprint density at radius 1 is 1.47 bits per heavy atom. The number of nitriles is 1. The number of aldehydes is 1. The van der Waals surface area contributed by atoms with Gasteiger partial charge in [-0.3, -0.25) is 0 Å². The first-order valence-electron chi connectivity index (χ1n) is 5.67. The van der Waals surface area contributed by atoms with Crippen molar-refractivity contribution in [1.82, 2.24) is 5.32 Å². The number of nitrogens with one attached hydrogen (secondary N) is 1. The highest BCUT2D eigenvalue weighted by atomic mass is 32.1. The lowest BCUT2D eigenvalue weighted by Crippen LogP contribution is -2.46. The Hall–Kier alpha value is -1.87. The highest BCUT2D eigenvalue weighted by Gasteiger charge is 2.32. The molecule has 1 rings (SSSR count). The number of rotatable bonds is 3. The molecular weight excluding hydrogens is 264 g/mol. The summed E-state index contributed by atoms with van der Waals surface area (Å²) in [7, 11) is 0. The van der Waals surface area contributed by atoms with E-state index in [-0.39, 0.29) is 0 Å². The minimum absolute atomic E-state index is 0.457. The maximum absolute atomic E-state index is 11.7. The van der Waals surface area contributed by atoms with Crippen molar-refractivity contribution in [2.24, 2.45) is 0 Å². The van der Waals surface area contributed by atoms with E-state index < -0.39 is 17.2 Å². The van der Waals surface area contributed by atoms with Crippen molar-refractivity contribution in [3.63, 3.8) is 0 Å². The van der Waals surface area contributed by atoms with Gasteiger partial charge < -0.3 is 14.8 Å². The van der Waals surface area contributed by atoms with Crippen LogP contribution in [0.2, 0.25) is 0 Å². The topological polar surface area (TPSA) is 79.2 Å². The van der Waals surface area contributed by atoms with E-state index in [1.807, 2.05) is 6.07 Å². The van der Waals surface area contributed by atoms with Gasteiger partial charge in [-0.25, -0.2) is 4.79 Å². The SMILES string of the molecule is CC(C)(C)OC(=O)NC(C)(C=O)c1cc(C#N)cs1. The summed E-state index contributed by atoms with van der Waals surface area (Å²) in [6.07, 6.45) is -0.0433. The third-order valence-corrected chi connectivity index (χ3v) is 3.40. The van der Waals surface area contributed by atoms with E-state index in [1.54, 1.807) is 39.1 Å². The number of ether oxygens (including phenoxy) is 1. The van der Waals surface area contributed by atoms with Gasteiger partial charge >= 0.3 is 6.09 Å². The molecule has 0 fully saturated rings. The zero-order chi connectivity index (χ0) is 14.7. The van der Waals surface area contributed by atoms with Gasteiger partial charge in [-0.1, -0.05) is 0 Å². The van der Waals surface area contributed by atoms with E-state index in [4.69, 9.17) is 10.00 Å². The molecule has 1 unspecified atom stereocenters. The summed E-state index contributed by atoms with van der Waals surface area (Å²) in [4.78, 5) is 23.6. The van der Waals surface area contributed by atoms with E-state index in [0.29, 0.717) is 16.7 Å². The molecule has 0 aliphatic heterocycles. The molecule has 1 atom stereocenters. The van der Waals surface area contributed by atoms with Gasteiger partial charge in [0.05, 0.1) is 5.56 Å². The zero-order valence-electron chi connectivity index (χ0n) is 11.3. The van der Waals surface area contributed by atoms with Crippen LogP contribution in [0.1, 0.15) is 38.1 Å². The summed E-state index contributed by atoms with van der Waals surface area (Å²) in [6.45, 7) is 6.79. The second-order valence-electron chi connectivity index (χ2n) is 5.26. The zero-order valence-corrected chi connectivity index (χ0v) is 12.1. The van der Waals surface area contributed by atoms with Crippen molar-refractivity contribution in [3.8, 4) is 6.07 Å². The van der Waals surface area contributed by atoms with E-state index in [9.17, 15) is 9.59 Å². The van der Waals surface area contributed by atoms with Crippen molar-refractivity contribution in [2.75, 3.05) is 0 Å². The van der Waals surface area contributed by atoms with Crippen LogP contribution >= 0.6 is 11.3 Å². The summed E-state index contributed by atoms with van der Waals surface area (Å²) in [5.41, 5.74) is -1.37. The summed E-state index contributed by atoms with van der Waals surface area (Å²) < 4.78 is 5.12. The number of hydrogen-bond acceptors (Lipinski definition) is 5. The Labute approximate surface area is 116 Å². The van der Waals surface area contributed by atoms with Gasteiger partial charge in [0.2, 0.25) is 0 Å². The number of nitrogens with zero attached hydrogens (tertiary/aromatic N) is 1. The predicted molar refractivity (Wildman–Crippen MR) is 71.8 cm³/mol. The van der Waals surface area contributed by atoms with Crippen LogP contribution in [0.3, 0.4) is 0 Å². The minimum Gasteiger partial charge on any atom is -0.444 e. The number of amides is 1. The first-order valence-corrected chi connectivity index (χ1v) is 6.55. The average Bonchev–Trinajstić information content (AvgIpc) is 2.75. The number of hydrogen-bond donors (Lipinski definition) is 1. The molecule has 0 radical (unpaired) electrons. The molecule has 0 saturated heterocycles.